The van der Waals surface area contributed by atoms with Gasteiger partial charge in [-0.05, 0) is 13.8 Å². The van der Waals surface area contributed by atoms with Gasteiger partial charge in [-0.2, -0.15) is 12.6 Å². The highest BCUT2D eigenvalue weighted by Crippen LogP contribution is 2.18. The minimum Gasteiger partial charge on any atom is -0.342 e. The van der Waals surface area contributed by atoms with Crippen molar-refractivity contribution in [2.75, 3.05) is 0 Å². The number of carbonyl (C=O) groups is 2. The quantitative estimate of drug-likeness (QED) is 0.408. The Morgan fingerprint density at radius 2 is 2.00 bits per heavy atom. The topological polar surface area (TPSA) is 84.8 Å². The van der Waals surface area contributed by atoms with Gasteiger partial charge in [-0.3, -0.25) is 9.63 Å². The van der Waals surface area contributed by atoms with Crippen LogP contribution in [0.4, 0.5) is 0 Å². The third-order valence-electron chi connectivity index (χ3n) is 1.42. The maximum absolute atomic E-state index is 11.1. The van der Waals surface area contributed by atoms with Crippen LogP contribution >= 0.6 is 12.6 Å². The van der Waals surface area contributed by atoms with E-state index in [0.29, 0.717) is 0 Å². The van der Waals surface area contributed by atoms with E-state index in [4.69, 9.17) is 0 Å². The Labute approximate surface area is 86.7 Å². The molecule has 0 heterocycles. The fourth-order valence-electron chi connectivity index (χ4n) is 0.817. The summed E-state index contributed by atoms with van der Waals surface area (Å²) in [6.45, 7) is 4.44. The van der Waals surface area contributed by atoms with Crippen LogP contribution in [0.25, 0.3) is 0 Å². The van der Waals surface area contributed by atoms with Gasteiger partial charge >= 0.3 is 5.97 Å². The summed E-state index contributed by atoms with van der Waals surface area (Å²) in [5.41, 5.74) is 0. The van der Waals surface area contributed by atoms with Crippen molar-refractivity contribution in [1.82, 2.24) is 5.32 Å². The van der Waals surface area contributed by atoms with Crippen molar-refractivity contribution in [1.29, 1.82) is 0 Å². The number of carbonyl (C=O) groups excluding carboxylic acids is 2. The molecule has 80 valence electrons. The lowest BCUT2D eigenvalue weighted by atomic mass is 10.0. The lowest BCUT2D eigenvalue weighted by Crippen LogP contribution is -2.51. The molecular formula is C7H12N2O4S. The van der Waals surface area contributed by atoms with E-state index in [9.17, 15) is 14.5 Å². The highest BCUT2D eigenvalue weighted by Gasteiger charge is 2.35. The summed E-state index contributed by atoms with van der Waals surface area (Å²) < 4.78 is -0.840. The summed E-state index contributed by atoms with van der Waals surface area (Å²) in [5.74, 6) is -1.35. The third-order valence-corrected chi connectivity index (χ3v) is 1.68. The first-order chi connectivity index (χ1) is 6.29. The van der Waals surface area contributed by atoms with Gasteiger partial charge in [0.25, 0.3) is 0 Å². The molecule has 0 radical (unpaired) electrons. The lowest BCUT2D eigenvalue weighted by Gasteiger charge is -2.26. The summed E-state index contributed by atoms with van der Waals surface area (Å²) in [7, 11) is 0. The van der Waals surface area contributed by atoms with Gasteiger partial charge in [0.2, 0.25) is 5.91 Å². The average Bonchev–Trinajstić information content (AvgIpc) is 1.98. The van der Waals surface area contributed by atoms with Crippen molar-refractivity contribution >= 4 is 24.5 Å². The number of nitrogens with zero attached hydrogens (tertiary/aromatic N) is 1. The Bertz CT molecular complexity index is 249. The van der Waals surface area contributed by atoms with Crippen LogP contribution in [-0.4, -0.2) is 22.7 Å². The molecule has 0 rings (SSSR count). The zero-order chi connectivity index (χ0) is 11.4. The fourth-order valence-corrected chi connectivity index (χ4v) is 0.987. The Morgan fingerprint density at radius 1 is 1.50 bits per heavy atom. The van der Waals surface area contributed by atoms with Gasteiger partial charge in [0.1, 0.15) is 6.04 Å². The molecule has 1 amide bonds. The average molecular weight is 220 g/mol. The number of hydrogen-bond donors (Lipinski definition) is 2. The normalized spacial score (nSPS) is 12.9. The number of rotatable bonds is 4. The molecule has 0 aliphatic rings. The van der Waals surface area contributed by atoms with E-state index in [1.807, 2.05) is 5.34 Å². The van der Waals surface area contributed by atoms with Crippen LogP contribution in [0.15, 0.2) is 5.34 Å². The van der Waals surface area contributed by atoms with Crippen LogP contribution in [0, 0.1) is 4.91 Å². The molecule has 0 aliphatic heterocycles. The number of thiol groups is 1. The van der Waals surface area contributed by atoms with Crippen LogP contribution in [0.5, 0.6) is 0 Å². The summed E-state index contributed by atoms with van der Waals surface area (Å²) in [5, 5.41) is 4.31. The van der Waals surface area contributed by atoms with Gasteiger partial charge in [0.05, 0.1) is 0 Å². The smallest absolute Gasteiger partial charge is 0.342 e. The molecule has 14 heavy (non-hydrogen) atoms. The highest BCUT2D eigenvalue weighted by atomic mass is 32.1. The highest BCUT2D eigenvalue weighted by molar-refractivity contribution is 7.81. The van der Waals surface area contributed by atoms with Crippen LogP contribution in [0.2, 0.25) is 0 Å². The van der Waals surface area contributed by atoms with Gasteiger partial charge in [0, 0.05) is 11.7 Å². The van der Waals surface area contributed by atoms with Crippen molar-refractivity contribution in [3.8, 4) is 0 Å². The number of nitrogens with one attached hydrogen (secondary N) is 1. The van der Waals surface area contributed by atoms with Crippen molar-refractivity contribution < 1.29 is 14.4 Å². The second kappa shape index (κ2) is 4.94. The standard InChI is InChI=1S/C7H12N2O4S/c1-4(10)8-5(7(2,3)14)6(11)13-9-12/h5,14H,1-3H3,(H,8,10)/t5-/m0/s1. The van der Waals surface area contributed by atoms with Crippen LogP contribution < -0.4 is 5.32 Å². The molecule has 1 N–H and O–H groups in total. The molecule has 0 unspecified atom stereocenters. The number of hydrogen-bond acceptors (Lipinski definition) is 6. The first-order valence-corrected chi connectivity index (χ1v) is 4.26. The predicted octanol–water partition coefficient (Wildman–Crippen LogP) is 0.424. The van der Waals surface area contributed by atoms with Gasteiger partial charge < -0.3 is 5.32 Å². The molecular weight excluding hydrogens is 208 g/mol. The molecule has 1 atom stereocenters. The molecule has 0 saturated carbocycles. The summed E-state index contributed by atoms with van der Waals surface area (Å²) in [6, 6.07) is -1.01. The molecule has 0 aromatic rings. The Kier molecular flexibility index (Phi) is 4.55. The van der Waals surface area contributed by atoms with E-state index in [-0.39, 0.29) is 0 Å². The maximum Gasteiger partial charge on any atom is 0.362 e. The molecule has 0 aromatic heterocycles. The summed E-state index contributed by atoms with van der Waals surface area (Å²) >= 11 is 4.10. The largest absolute Gasteiger partial charge is 0.362 e. The zero-order valence-corrected chi connectivity index (χ0v) is 9.00. The van der Waals surface area contributed by atoms with E-state index >= 15 is 0 Å². The molecule has 0 bridgehead atoms. The summed E-state index contributed by atoms with van der Waals surface area (Å²) in [4.78, 5) is 35.5. The van der Waals surface area contributed by atoms with E-state index in [1.165, 1.54) is 6.92 Å². The van der Waals surface area contributed by atoms with Crippen molar-refractivity contribution in [3.63, 3.8) is 0 Å². The van der Waals surface area contributed by atoms with Crippen molar-refractivity contribution in [2.24, 2.45) is 5.34 Å². The second-order valence-electron chi connectivity index (χ2n) is 3.27. The van der Waals surface area contributed by atoms with Gasteiger partial charge in [0.15, 0.2) is 5.34 Å². The number of amides is 1. The minimum absolute atomic E-state index is 0.417. The fraction of sp³-hybridized carbons (Fsp3) is 0.714. The molecule has 0 aromatic carbocycles. The van der Waals surface area contributed by atoms with E-state index in [0.717, 1.165) is 0 Å². The molecule has 0 fully saturated rings. The van der Waals surface area contributed by atoms with Crippen molar-refractivity contribution in [2.45, 2.75) is 31.6 Å². The monoisotopic (exact) mass is 220 g/mol. The molecule has 0 spiro atoms. The predicted molar refractivity (Wildman–Crippen MR) is 52.6 cm³/mol. The molecule has 6 nitrogen and oxygen atoms in total. The Hall–Kier alpha value is -1.11. The van der Waals surface area contributed by atoms with Crippen LogP contribution in [0.1, 0.15) is 20.8 Å². The van der Waals surface area contributed by atoms with E-state index in [2.05, 4.69) is 22.8 Å². The molecule has 7 heteroatoms. The Morgan fingerprint density at radius 3 is 2.29 bits per heavy atom. The van der Waals surface area contributed by atoms with Crippen LogP contribution in [-0.2, 0) is 14.4 Å². The van der Waals surface area contributed by atoms with Gasteiger partial charge in [-0.25, -0.2) is 4.79 Å². The second-order valence-corrected chi connectivity index (χ2v) is 4.42. The third kappa shape index (κ3) is 4.22. The zero-order valence-electron chi connectivity index (χ0n) is 8.10. The van der Waals surface area contributed by atoms with E-state index in [1.54, 1.807) is 13.8 Å². The maximum atomic E-state index is 11.1. The first kappa shape index (κ1) is 12.9. The summed E-state index contributed by atoms with van der Waals surface area (Å²) in [6.07, 6.45) is 0. The van der Waals surface area contributed by atoms with Gasteiger partial charge in [-0.1, -0.05) is 0 Å². The molecule has 0 saturated heterocycles. The SMILES string of the molecule is CC(=O)N[C@@H](C(=O)ON=O)C(C)(C)S. The minimum atomic E-state index is -1.01. The van der Waals surface area contributed by atoms with E-state index < -0.39 is 22.7 Å². The van der Waals surface area contributed by atoms with Crippen LogP contribution in [0.3, 0.4) is 0 Å². The van der Waals surface area contributed by atoms with Gasteiger partial charge in [-0.15, -0.1) is 4.91 Å². The van der Waals surface area contributed by atoms with Crippen molar-refractivity contribution in [3.05, 3.63) is 4.91 Å². The Balaban J connectivity index is 4.63. The first-order valence-electron chi connectivity index (χ1n) is 3.82. The lowest BCUT2D eigenvalue weighted by molar-refractivity contribution is -0.148. The molecule has 0 aliphatic carbocycles.